The SMILES string of the molecule is FC(F)(F)Oc1ccc([C@H](c2ccccc2Sc2ccc(Cl)cc2)N2CCNCC2)cc1. The summed E-state index contributed by atoms with van der Waals surface area (Å²) in [5.74, 6) is -0.218. The van der Waals surface area contributed by atoms with Gasteiger partial charge in [-0.05, 0) is 53.6 Å². The lowest BCUT2D eigenvalue weighted by Crippen LogP contribution is -2.45. The number of rotatable bonds is 6. The van der Waals surface area contributed by atoms with Gasteiger partial charge in [0, 0.05) is 41.0 Å². The Morgan fingerprint density at radius 1 is 0.906 bits per heavy atom. The van der Waals surface area contributed by atoms with E-state index in [4.69, 9.17) is 11.6 Å². The van der Waals surface area contributed by atoms with Gasteiger partial charge in [0.25, 0.3) is 0 Å². The van der Waals surface area contributed by atoms with Crippen molar-refractivity contribution in [1.82, 2.24) is 10.2 Å². The molecule has 0 radical (unpaired) electrons. The maximum Gasteiger partial charge on any atom is 0.573 e. The van der Waals surface area contributed by atoms with Crippen molar-refractivity contribution in [2.24, 2.45) is 0 Å². The molecule has 1 heterocycles. The summed E-state index contributed by atoms with van der Waals surface area (Å²) in [6.45, 7) is 3.40. The largest absolute Gasteiger partial charge is 0.573 e. The van der Waals surface area contributed by atoms with Gasteiger partial charge in [0.2, 0.25) is 0 Å². The van der Waals surface area contributed by atoms with E-state index in [-0.39, 0.29) is 11.8 Å². The fraction of sp³-hybridized carbons (Fsp3) is 0.250. The molecule has 1 atom stereocenters. The molecule has 168 valence electrons. The molecule has 4 rings (SSSR count). The first-order valence-corrected chi connectivity index (χ1v) is 11.4. The van der Waals surface area contributed by atoms with Crippen LogP contribution in [0.3, 0.4) is 0 Å². The van der Waals surface area contributed by atoms with Gasteiger partial charge in [-0.25, -0.2) is 0 Å². The molecule has 0 aliphatic carbocycles. The Labute approximate surface area is 194 Å². The average molecular weight is 479 g/mol. The van der Waals surface area contributed by atoms with E-state index in [0.29, 0.717) is 5.02 Å². The normalized spacial score (nSPS) is 16.0. The molecule has 0 unspecified atom stereocenters. The van der Waals surface area contributed by atoms with Crippen LogP contribution in [0.5, 0.6) is 5.75 Å². The molecule has 3 nitrogen and oxygen atoms in total. The smallest absolute Gasteiger partial charge is 0.406 e. The van der Waals surface area contributed by atoms with Crippen LogP contribution < -0.4 is 10.1 Å². The summed E-state index contributed by atoms with van der Waals surface area (Å²) in [6.07, 6.45) is -4.71. The summed E-state index contributed by atoms with van der Waals surface area (Å²) in [5.41, 5.74) is 2.03. The number of hydrogen-bond donors (Lipinski definition) is 1. The van der Waals surface area contributed by atoms with Crippen LogP contribution in [0.2, 0.25) is 5.02 Å². The molecule has 0 spiro atoms. The predicted molar refractivity (Wildman–Crippen MR) is 121 cm³/mol. The van der Waals surface area contributed by atoms with Gasteiger partial charge in [-0.2, -0.15) is 0 Å². The van der Waals surface area contributed by atoms with Crippen LogP contribution >= 0.6 is 23.4 Å². The molecule has 3 aromatic carbocycles. The number of alkyl halides is 3. The molecule has 0 amide bonds. The second-order valence-electron chi connectivity index (χ2n) is 7.40. The summed E-state index contributed by atoms with van der Waals surface area (Å²) < 4.78 is 41.8. The van der Waals surface area contributed by atoms with Gasteiger partial charge in [0.05, 0.1) is 6.04 Å². The van der Waals surface area contributed by atoms with Crippen LogP contribution in [0.1, 0.15) is 17.2 Å². The van der Waals surface area contributed by atoms with Crippen LogP contribution in [0.4, 0.5) is 13.2 Å². The molecule has 1 aliphatic rings. The summed E-state index contributed by atoms with van der Waals surface area (Å²) >= 11 is 7.67. The predicted octanol–water partition coefficient (Wildman–Crippen LogP) is 6.38. The molecule has 1 fully saturated rings. The minimum absolute atomic E-state index is 0.0898. The van der Waals surface area contributed by atoms with Crippen molar-refractivity contribution in [2.45, 2.75) is 22.2 Å². The van der Waals surface area contributed by atoms with Gasteiger partial charge in [-0.3, -0.25) is 4.90 Å². The summed E-state index contributed by atoms with van der Waals surface area (Å²) in [5, 5.41) is 4.05. The first-order valence-electron chi connectivity index (χ1n) is 10.2. The van der Waals surface area contributed by atoms with Crippen molar-refractivity contribution in [3.8, 4) is 5.75 Å². The van der Waals surface area contributed by atoms with Crippen molar-refractivity contribution in [3.05, 3.63) is 88.9 Å². The van der Waals surface area contributed by atoms with E-state index in [1.165, 1.54) is 12.1 Å². The maximum absolute atomic E-state index is 12.6. The number of ether oxygens (including phenoxy) is 1. The number of piperazine rings is 1. The molecule has 1 N–H and O–H groups in total. The number of nitrogens with one attached hydrogen (secondary N) is 1. The molecular formula is C24H22ClF3N2OS. The molecular weight excluding hydrogens is 457 g/mol. The quantitative estimate of drug-likeness (QED) is 0.444. The van der Waals surface area contributed by atoms with E-state index in [1.807, 2.05) is 36.4 Å². The first kappa shape index (κ1) is 23.0. The van der Waals surface area contributed by atoms with Gasteiger partial charge in [0.1, 0.15) is 5.75 Å². The lowest BCUT2D eigenvalue weighted by molar-refractivity contribution is -0.274. The van der Waals surface area contributed by atoms with Crippen LogP contribution in [0, 0.1) is 0 Å². The third kappa shape index (κ3) is 5.98. The molecule has 32 heavy (non-hydrogen) atoms. The third-order valence-corrected chi connectivity index (χ3v) is 6.55. The highest BCUT2D eigenvalue weighted by Crippen LogP contribution is 2.39. The van der Waals surface area contributed by atoms with Crippen LogP contribution in [-0.2, 0) is 0 Å². The van der Waals surface area contributed by atoms with Gasteiger partial charge < -0.3 is 10.1 Å². The van der Waals surface area contributed by atoms with E-state index < -0.39 is 6.36 Å². The van der Waals surface area contributed by atoms with E-state index in [1.54, 1.807) is 23.9 Å². The van der Waals surface area contributed by atoms with E-state index in [9.17, 15) is 13.2 Å². The summed E-state index contributed by atoms with van der Waals surface area (Å²) in [6, 6.07) is 22.0. The van der Waals surface area contributed by atoms with Gasteiger partial charge in [-0.15, -0.1) is 13.2 Å². The maximum atomic E-state index is 12.6. The van der Waals surface area contributed by atoms with Gasteiger partial charge in [0.15, 0.2) is 0 Å². The molecule has 0 aromatic heterocycles. The standard InChI is InChI=1S/C24H22ClF3N2OS/c25-18-7-11-20(12-8-18)32-22-4-2-1-3-21(22)23(30-15-13-29-14-16-30)17-5-9-19(10-6-17)31-24(26,27)28/h1-12,23,29H,13-16H2/t23-/m1/s1. The minimum Gasteiger partial charge on any atom is -0.406 e. The fourth-order valence-corrected chi connectivity index (χ4v) is 4.90. The lowest BCUT2D eigenvalue weighted by Gasteiger charge is -2.36. The number of hydrogen-bond acceptors (Lipinski definition) is 4. The molecule has 1 aliphatic heterocycles. The van der Waals surface area contributed by atoms with Crippen molar-refractivity contribution in [3.63, 3.8) is 0 Å². The van der Waals surface area contributed by atoms with Crippen LogP contribution in [-0.4, -0.2) is 37.4 Å². The topological polar surface area (TPSA) is 24.5 Å². The van der Waals surface area contributed by atoms with Gasteiger partial charge in [-0.1, -0.05) is 53.7 Å². The van der Waals surface area contributed by atoms with Crippen molar-refractivity contribution < 1.29 is 17.9 Å². The van der Waals surface area contributed by atoms with Gasteiger partial charge >= 0.3 is 6.36 Å². The van der Waals surface area contributed by atoms with E-state index in [2.05, 4.69) is 27.1 Å². The zero-order valence-corrected chi connectivity index (χ0v) is 18.7. The highest BCUT2D eigenvalue weighted by molar-refractivity contribution is 7.99. The number of benzene rings is 3. The average Bonchev–Trinajstić information content (AvgIpc) is 2.78. The Kier molecular flexibility index (Phi) is 7.30. The fourth-order valence-electron chi connectivity index (χ4n) is 3.81. The number of nitrogens with zero attached hydrogens (tertiary/aromatic N) is 1. The second kappa shape index (κ2) is 10.2. The highest BCUT2D eigenvalue weighted by atomic mass is 35.5. The molecule has 1 saturated heterocycles. The van der Waals surface area contributed by atoms with Crippen molar-refractivity contribution >= 4 is 23.4 Å². The monoisotopic (exact) mass is 478 g/mol. The highest BCUT2D eigenvalue weighted by Gasteiger charge is 2.31. The van der Waals surface area contributed by atoms with E-state index in [0.717, 1.165) is 47.1 Å². The van der Waals surface area contributed by atoms with E-state index >= 15 is 0 Å². The zero-order chi connectivity index (χ0) is 22.6. The minimum atomic E-state index is -4.71. The molecule has 0 bridgehead atoms. The third-order valence-electron chi connectivity index (χ3n) is 5.20. The Bertz CT molecular complexity index is 1020. The zero-order valence-electron chi connectivity index (χ0n) is 17.1. The van der Waals surface area contributed by atoms with Crippen LogP contribution in [0.25, 0.3) is 0 Å². The van der Waals surface area contributed by atoms with Crippen LogP contribution in [0.15, 0.2) is 82.6 Å². The Morgan fingerprint density at radius 3 is 2.22 bits per heavy atom. The first-order chi connectivity index (χ1) is 15.4. The van der Waals surface area contributed by atoms with Crippen molar-refractivity contribution in [1.29, 1.82) is 0 Å². The molecule has 8 heteroatoms. The summed E-state index contributed by atoms with van der Waals surface area (Å²) in [7, 11) is 0. The Hall–Kier alpha value is -2.19. The Balaban J connectivity index is 1.69. The number of halogens is 4. The van der Waals surface area contributed by atoms with Crippen molar-refractivity contribution in [2.75, 3.05) is 26.2 Å². The lowest BCUT2D eigenvalue weighted by atomic mass is 9.96. The summed E-state index contributed by atoms with van der Waals surface area (Å²) in [4.78, 5) is 4.51. The second-order valence-corrected chi connectivity index (χ2v) is 8.95. The Morgan fingerprint density at radius 2 is 1.56 bits per heavy atom. The molecule has 3 aromatic rings. The molecule has 0 saturated carbocycles.